The molecule has 0 aromatic heterocycles. The predicted molar refractivity (Wildman–Crippen MR) is 110 cm³/mol. The minimum absolute atomic E-state index is 0.130. The minimum Gasteiger partial charge on any atom is -0.616 e. The average molecular weight is 423 g/mol. The summed E-state index contributed by atoms with van der Waals surface area (Å²) in [7, 11) is -4.16. The van der Waals surface area contributed by atoms with Gasteiger partial charge in [-0.05, 0) is 48.5 Å². The third-order valence-corrected chi connectivity index (χ3v) is 8.49. The van der Waals surface area contributed by atoms with Gasteiger partial charge in [-0.3, -0.25) is 4.55 Å². The van der Waals surface area contributed by atoms with Gasteiger partial charge in [-0.1, -0.05) is 38.1 Å². The molecule has 0 heterocycles. The summed E-state index contributed by atoms with van der Waals surface area (Å²) in [6.45, 7) is 7.08. The molecular formula is C18H30O5S3. The van der Waals surface area contributed by atoms with E-state index in [-0.39, 0.29) is 12.2 Å². The third kappa shape index (κ3) is 8.63. The Balaban J connectivity index is 2.49. The van der Waals surface area contributed by atoms with Crippen molar-refractivity contribution in [2.45, 2.75) is 56.8 Å². The molecule has 0 aliphatic heterocycles. The van der Waals surface area contributed by atoms with Crippen LogP contribution in [0.3, 0.4) is 0 Å². The summed E-state index contributed by atoms with van der Waals surface area (Å²) in [5.74, 6) is 2.31. The third-order valence-electron chi connectivity index (χ3n) is 4.23. The molecule has 0 fully saturated rings. The lowest BCUT2D eigenvalue weighted by Crippen LogP contribution is -2.33. The molecule has 26 heavy (non-hydrogen) atoms. The molecule has 0 bridgehead atoms. The molecule has 0 saturated heterocycles. The first-order valence-corrected chi connectivity index (χ1v) is 13.1. The highest BCUT2D eigenvalue weighted by Gasteiger charge is 2.33. The Kier molecular flexibility index (Phi) is 9.46. The lowest BCUT2D eigenvalue weighted by atomic mass is 10.1. The lowest BCUT2D eigenvalue weighted by Gasteiger charge is -2.21. The fraction of sp³-hybridized carbons (Fsp3) is 0.667. The molecule has 1 N–H and O–H groups in total. The van der Waals surface area contributed by atoms with Gasteiger partial charge in [-0.2, -0.15) is 8.42 Å². The maximum Gasteiger partial charge on any atom is 0.270 e. The summed E-state index contributed by atoms with van der Waals surface area (Å²) in [4.78, 5) is 0. The van der Waals surface area contributed by atoms with E-state index in [0.717, 1.165) is 17.5 Å². The fourth-order valence-electron chi connectivity index (χ4n) is 2.10. The summed E-state index contributed by atoms with van der Waals surface area (Å²) >= 11 is -2.08. The quantitative estimate of drug-likeness (QED) is 0.436. The zero-order valence-corrected chi connectivity index (χ0v) is 18.4. The molecule has 1 aromatic rings. The Morgan fingerprint density at radius 2 is 1.42 bits per heavy atom. The van der Waals surface area contributed by atoms with Crippen LogP contribution in [0.4, 0.5) is 0 Å². The van der Waals surface area contributed by atoms with Crippen molar-refractivity contribution in [1.29, 1.82) is 0 Å². The zero-order valence-electron chi connectivity index (χ0n) is 15.9. The van der Waals surface area contributed by atoms with Gasteiger partial charge in [0.15, 0.2) is 0 Å². The van der Waals surface area contributed by atoms with Crippen molar-refractivity contribution in [2.24, 2.45) is 5.92 Å². The first kappa shape index (κ1) is 23.8. The van der Waals surface area contributed by atoms with Crippen LogP contribution in [0.2, 0.25) is 0 Å². The van der Waals surface area contributed by atoms with Gasteiger partial charge in [0.2, 0.25) is 0 Å². The topological polar surface area (TPSA) is 100 Å². The molecule has 1 rings (SSSR count). The molecule has 0 spiro atoms. The van der Waals surface area contributed by atoms with Crippen LogP contribution in [0.25, 0.3) is 0 Å². The Bertz CT molecular complexity index is 641. The number of hydrogen-bond acceptors (Lipinski definition) is 4. The van der Waals surface area contributed by atoms with E-state index >= 15 is 0 Å². The first-order chi connectivity index (χ1) is 11.9. The molecule has 0 aliphatic carbocycles. The van der Waals surface area contributed by atoms with Gasteiger partial charge in [0.25, 0.3) is 10.1 Å². The van der Waals surface area contributed by atoms with Gasteiger partial charge in [0, 0.05) is 17.5 Å². The van der Waals surface area contributed by atoms with Crippen LogP contribution in [-0.2, 0) is 44.0 Å². The van der Waals surface area contributed by atoms with Crippen LogP contribution in [0.15, 0.2) is 24.3 Å². The van der Waals surface area contributed by atoms with Gasteiger partial charge in [-0.25, -0.2) is 0 Å². The Labute approximate surface area is 164 Å². The van der Waals surface area contributed by atoms with E-state index in [0.29, 0.717) is 23.2 Å². The predicted octanol–water partition coefficient (Wildman–Crippen LogP) is 3.29. The van der Waals surface area contributed by atoms with Crippen LogP contribution >= 0.6 is 0 Å². The molecule has 0 radical (unpaired) electrons. The van der Waals surface area contributed by atoms with E-state index in [4.69, 9.17) is 4.55 Å². The second-order valence-electron chi connectivity index (χ2n) is 7.56. The maximum atomic E-state index is 12.2. The maximum absolute atomic E-state index is 12.2. The minimum atomic E-state index is -4.16. The molecule has 2 atom stereocenters. The first-order valence-electron chi connectivity index (χ1n) is 8.65. The molecule has 0 amide bonds. The van der Waals surface area contributed by atoms with Crippen molar-refractivity contribution in [3.8, 4) is 0 Å². The van der Waals surface area contributed by atoms with E-state index in [1.807, 2.05) is 24.3 Å². The second-order valence-corrected chi connectivity index (χ2v) is 12.8. The molecular weight excluding hydrogens is 392 g/mol. The summed E-state index contributed by atoms with van der Waals surface area (Å²) in [5.41, 5.74) is 1.89. The highest BCUT2D eigenvalue weighted by Crippen LogP contribution is 2.21. The second kappa shape index (κ2) is 10.3. The van der Waals surface area contributed by atoms with Crippen molar-refractivity contribution in [1.82, 2.24) is 0 Å². The van der Waals surface area contributed by atoms with Crippen molar-refractivity contribution >= 4 is 32.5 Å². The zero-order chi connectivity index (χ0) is 20.0. The van der Waals surface area contributed by atoms with E-state index in [2.05, 4.69) is 13.8 Å². The van der Waals surface area contributed by atoms with Crippen molar-refractivity contribution in [3.63, 3.8) is 0 Å². The highest BCUT2D eigenvalue weighted by molar-refractivity contribution is 7.91. The van der Waals surface area contributed by atoms with Gasteiger partial charge < -0.3 is 9.11 Å². The van der Waals surface area contributed by atoms with Gasteiger partial charge in [-0.15, -0.1) is 0 Å². The molecule has 1 aromatic carbocycles. The average Bonchev–Trinajstić information content (AvgIpc) is 2.52. The number of rotatable bonds is 11. The summed E-state index contributed by atoms with van der Waals surface area (Å²) in [5, 5.41) is 0. The largest absolute Gasteiger partial charge is 0.616 e. The lowest BCUT2D eigenvalue weighted by molar-refractivity contribution is 0.436. The Morgan fingerprint density at radius 3 is 1.81 bits per heavy atom. The van der Waals surface area contributed by atoms with E-state index in [9.17, 15) is 17.5 Å². The van der Waals surface area contributed by atoms with Crippen molar-refractivity contribution < 1.29 is 22.1 Å². The normalized spacial score (nSPS) is 15.2. The molecule has 2 unspecified atom stereocenters. The van der Waals surface area contributed by atoms with Crippen LogP contribution in [0.5, 0.6) is 0 Å². The molecule has 0 aliphatic rings. The SMILES string of the molecule is CC(C)CC[S+]([O-])Cc1ccc(C[S+]([O-])CCC(C)(C)S(=O)(=O)O)cc1. The molecule has 0 saturated carbocycles. The Morgan fingerprint density at radius 1 is 1.00 bits per heavy atom. The van der Waals surface area contributed by atoms with Crippen LogP contribution in [0, 0.1) is 5.92 Å². The summed E-state index contributed by atoms with van der Waals surface area (Å²) in [6.07, 6.45) is 1.08. The van der Waals surface area contributed by atoms with E-state index in [1.165, 1.54) is 13.8 Å². The van der Waals surface area contributed by atoms with Crippen LogP contribution in [0.1, 0.15) is 51.7 Å². The van der Waals surface area contributed by atoms with E-state index < -0.39 is 37.2 Å². The molecule has 8 heteroatoms. The molecule has 150 valence electrons. The van der Waals surface area contributed by atoms with Crippen LogP contribution in [-0.4, -0.2) is 38.3 Å². The highest BCUT2D eigenvalue weighted by atomic mass is 32.2. The van der Waals surface area contributed by atoms with Gasteiger partial charge >= 0.3 is 0 Å². The van der Waals surface area contributed by atoms with Crippen molar-refractivity contribution in [2.75, 3.05) is 11.5 Å². The number of hydrogen-bond donors (Lipinski definition) is 1. The standard InChI is InChI=1S/C18H30O5S3/c1-15(2)9-11-24(19)13-16-5-7-17(8-6-16)14-25(20)12-10-18(3,4)26(21,22)23/h5-8,15H,9-14H2,1-4H3,(H,21,22,23). The van der Waals surface area contributed by atoms with Crippen molar-refractivity contribution in [3.05, 3.63) is 35.4 Å². The molecule has 5 nitrogen and oxygen atoms in total. The monoisotopic (exact) mass is 422 g/mol. The van der Waals surface area contributed by atoms with Crippen LogP contribution < -0.4 is 0 Å². The summed E-state index contributed by atoms with van der Waals surface area (Å²) in [6, 6.07) is 7.56. The van der Waals surface area contributed by atoms with E-state index in [1.54, 1.807) is 0 Å². The smallest absolute Gasteiger partial charge is 0.270 e. The van der Waals surface area contributed by atoms with Gasteiger partial charge in [0.05, 0.1) is 4.75 Å². The Hall–Kier alpha value is -0.250. The van der Waals surface area contributed by atoms with Gasteiger partial charge in [0.1, 0.15) is 23.0 Å². The fourth-order valence-corrected chi connectivity index (χ4v) is 5.48. The summed E-state index contributed by atoms with van der Waals surface area (Å²) < 4.78 is 54.6. The number of benzene rings is 1.